The fourth-order valence-corrected chi connectivity index (χ4v) is 9.46. The number of phosphoric ester groups is 1. The largest absolute Gasteiger partial charge is 0.756 e. The van der Waals surface area contributed by atoms with Crippen molar-refractivity contribution in [2.75, 3.05) is 40.9 Å². The van der Waals surface area contributed by atoms with Gasteiger partial charge in [0, 0.05) is 6.42 Å². The molecule has 8 nitrogen and oxygen atoms in total. The SMILES string of the molecule is CC/C=C\C/C=C\C/C=C\C/C=C\C/C=C\C/C=C\C/C=C\CCCC(=O)NC(COP(=O)([O-])OCC[N+](C)(C)C)C(O)/C=C/CCCCCCCCCCCCCCCCCCCCCCCCCCCCCC. The van der Waals surface area contributed by atoms with Crippen LogP contribution >= 0.6 is 7.82 Å². The molecule has 0 aromatic rings. The Morgan fingerprint density at radius 3 is 1.17 bits per heavy atom. The average molecular weight is 1070 g/mol. The highest BCUT2D eigenvalue weighted by atomic mass is 31.2. The van der Waals surface area contributed by atoms with Crippen molar-refractivity contribution in [1.29, 1.82) is 0 Å². The molecule has 0 radical (unpaired) electrons. The highest BCUT2D eigenvalue weighted by Gasteiger charge is 2.23. The Morgan fingerprint density at radius 1 is 0.480 bits per heavy atom. The van der Waals surface area contributed by atoms with Crippen molar-refractivity contribution in [1.82, 2.24) is 5.32 Å². The first-order valence-electron chi connectivity index (χ1n) is 31.1. The lowest BCUT2D eigenvalue weighted by Gasteiger charge is -2.29. The second kappa shape index (κ2) is 56.2. The molecule has 0 saturated heterocycles. The summed E-state index contributed by atoms with van der Waals surface area (Å²) in [7, 11) is 1.22. The number of nitrogens with zero attached hydrogens (tertiary/aromatic N) is 1. The molecule has 3 unspecified atom stereocenters. The molecule has 75 heavy (non-hydrogen) atoms. The quantitative estimate of drug-likeness (QED) is 0.0272. The molecule has 0 aliphatic carbocycles. The third-order valence-electron chi connectivity index (χ3n) is 13.5. The molecule has 0 aromatic carbocycles. The zero-order valence-electron chi connectivity index (χ0n) is 49.5. The summed E-state index contributed by atoms with van der Waals surface area (Å²) < 4.78 is 23.4. The molecule has 3 atom stereocenters. The summed E-state index contributed by atoms with van der Waals surface area (Å²) in [5.41, 5.74) is 0. The molecule has 0 rings (SSSR count). The minimum absolute atomic E-state index is 0.0168. The van der Waals surface area contributed by atoms with E-state index in [2.05, 4.69) is 104 Å². The maximum atomic E-state index is 13.0. The van der Waals surface area contributed by atoms with Crippen LogP contribution in [0.1, 0.15) is 264 Å². The van der Waals surface area contributed by atoms with E-state index in [-0.39, 0.29) is 18.9 Å². The number of carbonyl (C=O) groups is 1. The highest BCUT2D eigenvalue weighted by molar-refractivity contribution is 7.45. The maximum Gasteiger partial charge on any atom is 0.268 e. The van der Waals surface area contributed by atoms with Crippen molar-refractivity contribution in [3.8, 4) is 0 Å². The first-order chi connectivity index (χ1) is 36.5. The number of amides is 1. The van der Waals surface area contributed by atoms with Gasteiger partial charge in [-0.3, -0.25) is 9.36 Å². The van der Waals surface area contributed by atoms with Crippen molar-refractivity contribution in [3.05, 3.63) is 97.2 Å². The zero-order chi connectivity index (χ0) is 54.9. The van der Waals surface area contributed by atoms with Gasteiger partial charge < -0.3 is 28.8 Å². The third-order valence-corrected chi connectivity index (χ3v) is 14.5. The molecule has 0 fully saturated rings. The molecule has 434 valence electrons. The van der Waals surface area contributed by atoms with E-state index < -0.39 is 26.6 Å². The summed E-state index contributed by atoms with van der Waals surface area (Å²) in [6, 6.07) is -0.926. The predicted octanol–water partition coefficient (Wildman–Crippen LogP) is 18.7. The van der Waals surface area contributed by atoms with Crippen molar-refractivity contribution < 1.29 is 32.9 Å². The number of hydrogen-bond acceptors (Lipinski definition) is 6. The second-order valence-electron chi connectivity index (χ2n) is 22.0. The van der Waals surface area contributed by atoms with Gasteiger partial charge in [0.2, 0.25) is 5.91 Å². The van der Waals surface area contributed by atoms with Gasteiger partial charge in [0.05, 0.1) is 39.9 Å². The molecule has 9 heteroatoms. The third kappa shape index (κ3) is 58.9. The molecule has 0 saturated carbocycles. The van der Waals surface area contributed by atoms with Crippen LogP contribution in [-0.4, -0.2) is 68.5 Å². The van der Waals surface area contributed by atoms with E-state index in [1.165, 1.54) is 167 Å². The fraction of sp³-hybridized carbons (Fsp3) is 0.742. The minimum Gasteiger partial charge on any atom is -0.756 e. The van der Waals surface area contributed by atoms with Gasteiger partial charge >= 0.3 is 0 Å². The van der Waals surface area contributed by atoms with Gasteiger partial charge in [-0.05, 0) is 70.6 Å². The number of phosphoric acid groups is 1. The maximum absolute atomic E-state index is 13.0. The van der Waals surface area contributed by atoms with Gasteiger partial charge in [0.1, 0.15) is 13.2 Å². The van der Waals surface area contributed by atoms with Crippen LogP contribution in [-0.2, 0) is 18.4 Å². The number of unbranched alkanes of at least 4 members (excludes halogenated alkanes) is 29. The Kier molecular flexibility index (Phi) is 54.2. The number of quaternary nitrogens is 1. The van der Waals surface area contributed by atoms with Crippen LogP contribution in [0.2, 0.25) is 0 Å². The summed E-state index contributed by atoms with van der Waals surface area (Å²) in [4.78, 5) is 25.5. The Balaban J connectivity index is 4.24. The van der Waals surface area contributed by atoms with Crippen LogP contribution in [0.5, 0.6) is 0 Å². The van der Waals surface area contributed by atoms with Gasteiger partial charge in [0.15, 0.2) is 0 Å². The smallest absolute Gasteiger partial charge is 0.268 e. The number of allylic oxidation sites excluding steroid dienone is 15. The van der Waals surface area contributed by atoms with Gasteiger partial charge in [-0.25, -0.2) is 0 Å². The summed E-state index contributed by atoms with van der Waals surface area (Å²) in [6.45, 7) is 4.51. The van der Waals surface area contributed by atoms with Gasteiger partial charge in [-0.2, -0.15) is 0 Å². The Labute approximate surface area is 464 Å². The van der Waals surface area contributed by atoms with E-state index in [1.54, 1.807) is 6.08 Å². The first kappa shape index (κ1) is 72.4. The molecule has 2 N–H and O–H groups in total. The number of hydrogen-bond donors (Lipinski definition) is 2. The molecular formula is C66H119N2O6P. The Bertz CT molecular complexity index is 1540. The van der Waals surface area contributed by atoms with Crippen molar-refractivity contribution >= 4 is 13.7 Å². The number of rotatable bonds is 56. The Morgan fingerprint density at radius 2 is 0.813 bits per heavy atom. The van der Waals surface area contributed by atoms with Crippen molar-refractivity contribution in [3.63, 3.8) is 0 Å². The Hall–Kier alpha value is -2.58. The first-order valence-corrected chi connectivity index (χ1v) is 32.6. The van der Waals surface area contributed by atoms with Gasteiger partial charge in [0.25, 0.3) is 7.82 Å². The van der Waals surface area contributed by atoms with Crippen LogP contribution in [0.4, 0.5) is 0 Å². The number of likely N-dealkylation sites (N-methyl/N-ethyl adjacent to an activating group) is 1. The number of aliphatic hydroxyl groups excluding tert-OH is 1. The fourth-order valence-electron chi connectivity index (χ4n) is 8.73. The lowest BCUT2D eigenvalue weighted by molar-refractivity contribution is -0.870. The van der Waals surface area contributed by atoms with E-state index in [4.69, 9.17) is 9.05 Å². The monoisotopic (exact) mass is 1070 g/mol. The van der Waals surface area contributed by atoms with Crippen LogP contribution in [0.15, 0.2) is 97.2 Å². The molecule has 0 spiro atoms. The topological polar surface area (TPSA) is 108 Å². The van der Waals surface area contributed by atoms with Crippen LogP contribution in [0.25, 0.3) is 0 Å². The number of nitrogens with one attached hydrogen (secondary N) is 1. The summed E-state index contributed by atoms with van der Waals surface area (Å²) in [5.74, 6) is -0.256. The number of carbonyl (C=O) groups excluding carboxylic acids is 1. The lowest BCUT2D eigenvalue weighted by atomic mass is 10.0. The molecule has 0 aromatic heterocycles. The molecular weight excluding hydrogens is 948 g/mol. The van der Waals surface area contributed by atoms with E-state index in [0.717, 1.165) is 70.6 Å². The van der Waals surface area contributed by atoms with Gasteiger partial charge in [-0.1, -0.05) is 284 Å². The summed E-state index contributed by atoms with van der Waals surface area (Å²) in [6.07, 6.45) is 80.9. The van der Waals surface area contributed by atoms with Crippen LogP contribution in [0, 0.1) is 0 Å². The normalized spacial score (nSPS) is 14.5. The standard InChI is InChI=1S/C66H119N2O6P/c1-6-8-10-12-14-16-18-20-22-24-26-28-30-31-32-33-34-35-36-38-39-41-43-45-47-49-51-53-55-57-59-65(69)64(63-74-75(71,72)73-62-61-68(3,4)5)67-66(70)60-58-56-54-52-50-48-46-44-42-40-37-29-27-25-23-21-19-17-15-13-11-9-7-2/h9,11,15,17,21,23,27,29,40,42,46,48,52,54,57,59,64-65,69H,6-8,10,12-14,16,18-20,22,24-26,28,30-39,41,43-45,47,49-51,53,55-56,58,60-63H2,1-5H3,(H-,67,70,71,72)/b11-9-,17-15-,23-21-,29-27-,42-40-,48-46-,54-52-,59-57+. The summed E-state index contributed by atoms with van der Waals surface area (Å²) in [5, 5.41) is 13.9. The predicted molar refractivity (Wildman–Crippen MR) is 325 cm³/mol. The lowest BCUT2D eigenvalue weighted by Crippen LogP contribution is -2.45. The molecule has 0 aliphatic heterocycles. The van der Waals surface area contributed by atoms with Crippen LogP contribution < -0.4 is 10.2 Å². The van der Waals surface area contributed by atoms with Gasteiger partial charge in [-0.15, -0.1) is 0 Å². The van der Waals surface area contributed by atoms with Crippen molar-refractivity contribution in [2.45, 2.75) is 276 Å². The molecule has 0 aliphatic rings. The highest BCUT2D eigenvalue weighted by Crippen LogP contribution is 2.38. The molecule has 0 heterocycles. The van der Waals surface area contributed by atoms with E-state index in [0.29, 0.717) is 17.4 Å². The van der Waals surface area contributed by atoms with Crippen LogP contribution in [0.3, 0.4) is 0 Å². The van der Waals surface area contributed by atoms with E-state index >= 15 is 0 Å². The second-order valence-corrected chi connectivity index (χ2v) is 23.4. The summed E-state index contributed by atoms with van der Waals surface area (Å²) >= 11 is 0. The minimum atomic E-state index is -4.62. The zero-order valence-corrected chi connectivity index (χ0v) is 50.4. The average Bonchev–Trinajstić information content (AvgIpc) is 3.37. The number of aliphatic hydroxyl groups is 1. The van der Waals surface area contributed by atoms with E-state index in [9.17, 15) is 19.4 Å². The van der Waals surface area contributed by atoms with E-state index in [1.807, 2.05) is 27.2 Å². The molecule has 0 bridgehead atoms. The van der Waals surface area contributed by atoms with Crippen molar-refractivity contribution in [2.24, 2.45) is 0 Å². The molecule has 1 amide bonds.